The molecule has 0 radical (unpaired) electrons. The van der Waals surface area contributed by atoms with Gasteiger partial charge in [-0.3, -0.25) is 4.90 Å². The van der Waals surface area contributed by atoms with Crippen LogP contribution < -0.4 is 0 Å². The van der Waals surface area contributed by atoms with E-state index in [1.54, 1.807) is 11.2 Å². The number of hydrogen-bond acceptors (Lipinski definition) is 4. The molecular weight excluding hydrogens is 288 g/mol. The largest absolute Gasteiger partial charge is 0.387 e. The van der Waals surface area contributed by atoms with Gasteiger partial charge in [0, 0.05) is 32.7 Å². The highest BCUT2D eigenvalue weighted by Crippen LogP contribution is 2.17. The van der Waals surface area contributed by atoms with Crippen LogP contribution in [0.15, 0.2) is 24.3 Å². The Morgan fingerprint density at radius 1 is 1.14 bits per heavy atom. The molecule has 21 heavy (non-hydrogen) atoms. The van der Waals surface area contributed by atoms with Crippen molar-refractivity contribution in [2.45, 2.75) is 20.0 Å². The van der Waals surface area contributed by atoms with Crippen LogP contribution in [0, 0.1) is 6.92 Å². The van der Waals surface area contributed by atoms with Crippen molar-refractivity contribution in [3.8, 4) is 0 Å². The highest BCUT2D eigenvalue weighted by molar-refractivity contribution is 7.89. The van der Waals surface area contributed by atoms with Crippen LogP contribution in [0.1, 0.15) is 24.2 Å². The molecule has 1 aliphatic heterocycles. The smallest absolute Gasteiger partial charge is 0.213 e. The summed E-state index contributed by atoms with van der Waals surface area (Å²) in [6.07, 6.45) is -0.528. The van der Waals surface area contributed by atoms with Crippen LogP contribution in [0.5, 0.6) is 0 Å². The number of β-amino-alcohol motifs (C(OH)–C–C–N with tert-alkyl or cyclic N) is 1. The highest BCUT2D eigenvalue weighted by Gasteiger charge is 2.26. The Balaban J connectivity index is 1.87. The summed E-state index contributed by atoms with van der Waals surface area (Å²) in [4.78, 5) is 2.12. The van der Waals surface area contributed by atoms with Crippen LogP contribution in [-0.2, 0) is 10.0 Å². The Bertz CT molecular complexity index is 549. The summed E-state index contributed by atoms with van der Waals surface area (Å²) in [7, 11) is -3.09. The molecular formula is C15H24N2O3S. The molecule has 0 bridgehead atoms. The number of nitrogens with zero attached hydrogens (tertiary/aromatic N) is 2. The van der Waals surface area contributed by atoms with Gasteiger partial charge in [0.15, 0.2) is 0 Å². The molecule has 1 aromatic rings. The Morgan fingerprint density at radius 2 is 1.71 bits per heavy atom. The number of piperazine rings is 1. The van der Waals surface area contributed by atoms with E-state index >= 15 is 0 Å². The van der Waals surface area contributed by atoms with Gasteiger partial charge in [-0.15, -0.1) is 0 Å². The molecule has 0 aromatic heterocycles. The van der Waals surface area contributed by atoms with Crippen molar-refractivity contribution in [3.63, 3.8) is 0 Å². The van der Waals surface area contributed by atoms with Crippen LogP contribution in [0.4, 0.5) is 0 Å². The van der Waals surface area contributed by atoms with Crippen LogP contribution >= 0.6 is 0 Å². The van der Waals surface area contributed by atoms with Gasteiger partial charge in [-0.05, 0) is 19.4 Å². The zero-order chi connectivity index (χ0) is 15.5. The number of aliphatic hydroxyl groups excluding tert-OH is 1. The van der Waals surface area contributed by atoms with Gasteiger partial charge < -0.3 is 5.11 Å². The van der Waals surface area contributed by atoms with E-state index in [2.05, 4.69) is 4.90 Å². The third-order valence-corrected chi connectivity index (χ3v) is 5.86. The number of aliphatic hydroxyl groups is 1. The minimum Gasteiger partial charge on any atom is -0.387 e. The lowest BCUT2D eigenvalue weighted by molar-refractivity contribution is 0.0921. The molecule has 0 aliphatic carbocycles. The predicted molar refractivity (Wildman–Crippen MR) is 83.6 cm³/mol. The maximum atomic E-state index is 11.8. The topological polar surface area (TPSA) is 60.9 Å². The number of sulfonamides is 1. The zero-order valence-electron chi connectivity index (χ0n) is 12.7. The molecule has 0 saturated carbocycles. The fraction of sp³-hybridized carbons (Fsp3) is 0.600. The SMILES string of the molecule is CCS(=O)(=O)N1CCN(CC(O)c2ccc(C)cc2)CC1. The molecule has 1 aliphatic rings. The fourth-order valence-electron chi connectivity index (χ4n) is 2.51. The van der Waals surface area contributed by atoms with E-state index in [1.807, 2.05) is 31.2 Å². The zero-order valence-corrected chi connectivity index (χ0v) is 13.5. The van der Waals surface area contributed by atoms with Crippen molar-refractivity contribution in [2.75, 3.05) is 38.5 Å². The normalized spacial score (nSPS) is 19.6. The fourth-order valence-corrected chi connectivity index (χ4v) is 3.60. The summed E-state index contributed by atoms with van der Waals surface area (Å²) in [5, 5.41) is 10.3. The van der Waals surface area contributed by atoms with Crippen LogP contribution in [0.2, 0.25) is 0 Å². The highest BCUT2D eigenvalue weighted by atomic mass is 32.2. The Hall–Kier alpha value is -0.950. The second-order valence-electron chi connectivity index (χ2n) is 5.53. The maximum absolute atomic E-state index is 11.8. The molecule has 1 atom stereocenters. The summed E-state index contributed by atoms with van der Waals surface area (Å²) in [6.45, 7) is 6.59. The van der Waals surface area contributed by atoms with Crippen LogP contribution in [0.3, 0.4) is 0 Å². The molecule has 5 nitrogen and oxygen atoms in total. The lowest BCUT2D eigenvalue weighted by Gasteiger charge is -2.34. The molecule has 1 N–H and O–H groups in total. The second kappa shape index (κ2) is 6.87. The van der Waals surface area contributed by atoms with Crippen molar-refractivity contribution >= 4 is 10.0 Å². The summed E-state index contributed by atoms with van der Waals surface area (Å²) in [6, 6.07) is 7.87. The van der Waals surface area contributed by atoms with Gasteiger partial charge in [-0.25, -0.2) is 8.42 Å². The van der Waals surface area contributed by atoms with Gasteiger partial charge in [-0.2, -0.15) is 4.31 Å². The van der Waals surface area contributed by atoms with Crippen molar-refractivity contribution in [2.24, 2.45) is 0 Å². The first kappa shape index (κ1) is 16.4. The standard InChI is InChI=1S/C15H24N2O3S/c1-3-21(19,20)17-10-8-16(9-11-17)12-15(18)14-6-4-13(2)5-7-14/h4-7,15,18H,3,8-12H2,1-2H3. The first-order chi connectivity index (χ1) is 9.92. The van der Waals surface area contributed by atoms with Gasteiger partial charge in [0.2, 0.25) is 10.0 Å². The molecule has 1 unspecified atom stereocenters. The van der Waals surface area contributed by atoms with Crippen LogP contribution in [-0.4, -0.2) is 61.2 Å². The molecule has 6 heteroatoms. The van der Waals surface area contributed by atoms with Gasteiger partial charge in [-0.1, -0.05) is 29.8 Å². The first-order valence-electron chi connectivity index (χ1n) is 7.37. The number of rotatable bonds is 5. The minimum absolute atomic E-state index is 0.152. The third-order valence-electron chi connectivity index (χ3n) is 3.98. The van der Waals surface area contributed by atoms with Crippen molar-refractivity contribution in [1.82, 2.24) is 9.21 Å². The monoisotopic (exact) mass is 312 g/mol. The Labute approximate surface area is 127 Å². The van der Waals surface area contributed by atoms with Crippen molar-refractivity contribution < 1.29 is 13.5 Å². The van der Waals surface area contributed by atoms with Crippen molar-refractivity contribution in [3.05, 3.63) is 35.4 Å². The van der Waals surface area contributed by atoms with Gasteiger partial charge >= 0.3 is 0 Å². The van der Waals surface area contributed by atoms with Gasteiger partial charge in [0.05, 0.1) is 11.9 Å². The molecule has 2 rings (SSSR count). The van der Waals surface area contributed by atoms with E-state index in [0.29, 0.717) is 32.7 Å². The molecule has 1 saturated heterocycles. The Kier molecular flexibility index (Phi) is 5.37. The van der Waals surface area contributed by atoms with E-state index in [9.17, 15) is 13.5 Å². The first-order valence-corrected chi connectivity index (χ1v) is 8.98. The molecule has 0 spiro atoms. The summed E-state index contributed by atoms with van der Waals surface area (Å²) in [5.74, 6) is 0.152. The summed E-state index contributed by atoms with van der Waals surface area (Å²) >= 11 is 0. The van der Waals surface area contributed by atoms with Gasteiger partial charge in [0.25, 0.3) is 0 Å². The van der Waals surface area contributed by atoms with E-state index < -0.39 is 16.1 Å². The van der Waals surface area contributed by atoms with Gasteiger partial charge in [0.1, 0.15) is 0 Å². The molecule has 118 valence electrons. The molecule has 0 amide bonds. The lowest BCUT2D eigenvalue weighted by Crippen LogP contribution is -2.49. The Morgan fingerprint density at radius 3 is 2.24 bits per heavy atom. The second-order valence-corrected chi connectivity index (χ2v) is 7.78. The molecule has 1 aromatic carbocycles. The number of benzene rings is 1. The molecule has 1 heterocycles. The van der Waals surface area contributed by atoms with E-state index in [-0.39, 0.29) is 5.75 Å². The average molecular weight is 312 g/mol. The van der Waals surface area contributed by atoms with Crippen molar-refractivity contribution in [1.29, 1.82) is 0 Å². The maximum Gasteiger partial charge on any atom is 0.213 e. The predicted octanol–water partition coefficient (Wildman–Crippen LogP) is 0.996. The quantitative estimate of drug-likeness (QED) is 0.881. The van der Waals surface area contributed by atoms with E-state index in [1.165, 1.54) is 5.56 Å². The van der Waals surface area contributed by atoms with E-state index in [0.717, 1.165) is 5.56 Å². The average Bonchev–Trinajstić information content (AvgIpc) is 2.48. The number of hydrogen-bond donors (Lipinski definition) is 1. The molecule has 1 fully saturated rings. The number of aryl methyl sites for hydroxylation is 1. The van der Waals surface area contributed by atoms with Crippen LogP contribution in [0.25, 0.3) is 0 Å². The third kappa shape index (κ3) is 4.26. The lowest BCUT2D eigenvalue weighted by atomic mass is 10.1. The summed E-state index contributed by atoms with van der Waals surface area (Å²) < 4.78 is 25.1. The minimum atomic E-state index is -3.09. The summed E-state index contributed by atoms with van der Waals surface area (Å²) in [5.41, 5.74) is 2.08. The van der Waals surface area contributed by atoms with E-state index in [4.69, 9.17) is 0 Å².